The van der Waals surface area contributed by atoms with Crippen molar-refractivity contribution < 1.29 is 28.5 Å². The van der Waals surface area contributed by atoms with E-state index in [0.717, 1.165) is 26.2 Å². The molecule has 0 radical (unpaired) electrons. The normalized spacial score (nSPS) is 14.6. The number of piperazine rings is 1. The molecule has 0 aliphatic carbocycles. The summed E-state index contributed by atoms with van der Waals surface area (Å²) < 4.78 is 20.9. The Kier molecular flexibility index (Phi) is 8.89. The third kappa shape index (κ3) is 6.96. The summed E-state index contributed by atoms with van der Waals surface area (Å²) in [6.07, 6.45) is 0. The van der Waals surface area contributed by atoms with Crippen LogP contribution in [0, 0.1) is 0 Å². The minimum atomic E-state index is -0.329. The van der Waals surface area contributed by atoms with E-state index in [4.69, 9.17) is 18.9 Å². The molecule has 8 heteroatoms. The van der Waals surface area contributed by atoms with Crippen LogP contribution in [-0.2, 0) is 9.47 Å². The van der Waals surface area contributed by atoms with Crippen LogP contribution in [0.4, 0.5) is 0 Å². The first-order chi connectivity index (χ1) is 15.6. The van der Waals surface area contributed by atoms with E-state index in [0.29, 0.717) is 48.9 Å². The molecule has 0 spiro atoms. The number of hydrogen-bond acceptors (Lipinski definition) is 8. The average molecular weight is 443 g/mol. The highest BCUT2D eigenvalue weighted by Crippen LogP contribution is 2.13. The highest BCUT2D eigenvalue weighted by atomic mass is 16.5. The number of hydrogen-bond donors (Lipinski definition) is 0. The number of benzene rings is 2. The zero-order valence-electron chi connectivity index (χ0n) is 18.6. The molecule has 0 saturated carbocycles. The fraction of sp³-hybridized carbons (Fsp3) is 0.417. The van der Waals surface area contributed by atoms with Gasteiger partial charge in [0.25, 0.3) is 0 Å². The zero-order valence-corrected chi connectivity index (χ0v) is 18.6. The summed E-state index contributed by atoms with van der Waals surface area (Å²) in [5.41, 5.74) is 1.03. The van der Waals surface area contributed by atoms with Gasteiger partial charge in [0.2, 0.25) is 0 Å². The van der Waals surface area contributed by atoms with Crippen molar-refractivity contribution in [2.75, 3.05) is 66.7 Å². The highest BCUT2D eigenvalue weighted by molar-refractivity contribution is 5.90. The number of ether oxygens (including phenoxy) is 4. The van der Waals surface area contributed by atoms with E-state index >= 15 is 0 Å². The molecule has 2 aromatic rings. The Hall–Kier alpha value is -3.10. The molecule has 1 heterocycles. The summed E-state index contributed by atoms with van der Waals surface area (Å²) >= 11 is 0. The van der Waals surface area contributed by atoms with Crippen molar-refractivity contribution in [2.24, 2.45) is 0 Å². The summed E-state index contributed by atoms with van der Waals surface area (Å²) in [6, 6.07) is 13.7. The number of methoxy groups -OCH3 is 2. The van der Waals surface area contributed by atoms with E-state index in [1.165, 1.54) is 0 Å². The van der Waals surface area contributed by atoms with Gasteiger partial charge in [-0.2, -0.15) is 0 Å². The molecule has 0 bridgehead atoms. The minimum absolute atomic E-state index is 0.329. The van der Waals surface area contributed by atoms with Crippen molar-refractivity contribution in [3.63, 3.8) is 0 Å². The Morgan fingerprint density at radius 3 is 1.31 bits per heavy atom. The average Bonchev–Trinajstić information content (AvgIpc) is 2.85. The van der Waals surface area contributed by atoms with Gasteiger partial charge >= 0.3 is 11.9 Å². The summed E-state index contributed by atoms with van der Waals surface area (Å²) in [4.78, 5) is 28.7. The quantitative estimate of drug-likeness (QED) is 0.519. The number of rotatable bonds is 10. The summed E-state index contributed by atoms with van der Waals surface area (Å²) in [6.45, 7) is 5.62. The molecule has 0 aromatic heterocycles. The lowest BCUT2D eigenvalue weighted by atomic mass is 10.2. The van der Waals surface area contributed by atoms with E-state index in [-0.39, 0.29) is 11.9 Å². The van der Waals surface area contributed by atoms with Gasteiger partial charge in [-0.05, 0) is 48.5 Å². The number of esters is 2. The van der Waals surface area contributed by atoms with E-state index in [9.17, 15) is 9.59 Å². The van der Waals surface area contributed by atoms with Crippen LogP contribution in [0.1, 0.15) is 20.7 Å². The maximum atomic E-state index is 12.1. The smallest absolute Gasteiger partial charge is 0.338 e. The maximum absolute atomic E-state index is 12.1. The predicted molar refractivity (Wildman–Crippen MR) is 119 cm³/mol. The number of carbonyl (C=O) groups excluding carboxylic acids is 2. The predicted octanol–water partition coefficient (Wildman–Crippen LogP) is 2.34. The molecule has 0 amide bonds. The Bertz CT molecular complexity index is 788. The molecule has 2 aromatic carbocycles. The van der Waals surface area contributed by atoms with Crippen molar-refractivity contribution in [3.05, 3.63) is 59.7 Å². The van der Waals surface area contributed by atoms with Crippen LogP contribution in [0.5, 0.6) is 11.5 Å². The van der Waals surface area contributed by atoms with Gasteiger partial charge in [-0.25, -0.2) is 9.59 Å². The Morgan fingerprint density at radius 2 is 1.00 bits per heavy atom. The molecule has 0 unspecified atom stereocenters. The summed E-state index contributed by atoms with van der Waals surface area (Å²) in [5.74, 6) is 0.750. The molecule has 1 saturated heterocycles. The lowest BCUT2D eigenvalue weighted by molar-refractivity contribution is 0.0352. The van der Waals surface area contributed by atoms with E-state index < -0.39 is 0 Å². The summed E-state index contributed by atoms with van der Waals surface area (Å²) in [7, 11) is 3.17. The van der Waals surface area contributed by atoms with Gasteiger partial charge < -0.3 is 18.9 Å². The van der Waals surface area contributed by atoms with Crippen molar-refractivity contribution in [2.45, 2.75) is 0 Å². The summed E-state index contributed by atoms with van der Waals surface area (Å²) in [5, 5.41) is 0. The van der Waals surface area contributed by atoms with Crippen molar-refractivity contribution in [1.29, 1.82) is 0 Å². The van der Waals surface area contributed by atoms with E-state index in [1.54, 1.807) is 62.8 Å². The second-order valence-corrected chi connectivity index (χ2v) is 7.41. The highest BCUT2D eigenvalue weighted by Gasteiger charge is 2.18. The lowest BCUT2D eigenvalue weighted by Gasteiger charge is -2.34. The molecule has 8 nitrogen and oxygen atoms in total. The standard InChI is InChI=1S/C24H30N2O6/c1-29-21-7-3-19(4-8-21)23(27)31-17-15-25-11-13-26(14-12-25)16-18-32-24(28)20-5-9-22(30-2)10-6-20/h3-10H,11-18H2,1-2H3. The van der Waals surface area contributed by atoms with Crippen LogP contribution >= 0.6 is 0 Å². The molecule has 0 N–H and O–H groups in total. The van der Waals surface area contributed by atoms with Crippen molar-refractivity contribution in [3.8, 4) is 11.5 Å². The maximum Gasteiger partial charge on any atom is 0.338 e. The SMILES string of the molecule is COc1ccc(C(=O)OCCN2CCN(CCOC(=O)c3ccc(OC)cc3)CC2)cc1. The first kappa shape index (κ1) is 23.6. The van der Waals surface area contributed by atoms with Gasteiger partial charge in [0.05, 0.1) is 25.3 Å². The molecule has 1 aliphatic heterocycles. The molecule has 32 heavy (non-hydrogen) atoms. The first-order valence-corrected chi connectivity index (χ1v) is 10.7. The molecular formula is C24H30N2O6. The fourth-order valence-electron chi connectivity index (χ4n) is 3.39. The Balaban J connectivity index is 1.28. The molecule has 1 fully saturated rings. The van der Waals surface area contributed by atoms with Gasteiger partial charge in [-0.3, -0.25) is 9.80 Å². The molecule has 0 atom stereocenters. The molecule has 1 aliphatic rings. The van der Waals surface area contributed by atoms with Crippen LogP contribution in [0.25, 0.3) is 0 Å². The third-order valence-corrected chi connectivity index (χ3v) is 5.40. The lowest BCUT2D eigenvalue weighted by Crippen LogP contribution is -2.48. The molecular weight excluding hydrogens is 412 g/mol. The topological polar surface area (TPSA) is 77.5 Å². The van der Waals surface area contributed by atoms with Gasteiger partial charge in [0, 0.05) is 39.3 Å². The van der Waals surface area contributed by atoms with Gasteiger partial charge in [0.15, 0.2) is 0 Å². The number of nitrogens with zero attached hydrogens (tertiary/aromatic N) is 2. The Morgan fingerprint density at radius 1 is 0.656 bits per heavy atom. The molecule has 172 valence electrons. The minimum Gasteiger partial charge on any atom is -0.497 e. The van der Waals surface area contributed by atoms with Crippen LogP contribution < -0.4 is 9.47 Å². The largest absolute Gasteiger partial charge is 0.497 e. The van der Waals surface area contributed by atoms with E-state index in [2.05, 4.69) is 9.80 Å². The molecule has 3 rings (SSSR count). The van der Waals surface area contributed by atoms with E-state index in [1.807, 2.05) is 0 Å². The van der Waals surface area contributed by atoms with Gasteiger partial charge in [-0.15, -0.1) is 0 Å². The monoisotopic (exact) mass is 442 g/mol. The van der Waals surface area contributed by atoms with Gasteiger partial charge in [-0.1, -0.05) is 0 Å². The second kappa shape index (κ2) is 12.1. The second-order valence-electron chi connectivity index (χ2n) is 7.41. The van der Waals surface area contributed by atoms with Gasteiger partial charge in [0.1, 0.15) is 24.7 Å². The van der Waals surface area contributed by atoms with Crippen molar-refractivity contribution >= 4 is 11.9 Å². The van der Waals surface area contributed by atoms with Crippen LogP contribution in [-0.4, -0.2) is 88.4 Å². The van der Waals surface area contributed by atoms with Crippen LogP contribution in [0.2, 0.25) is 0 Å². The Labute approximate surface area is 188 Å². The third-order valence-electron chi connectivity index (χ3n) is 5.40. The van der Waals surface area contributed by atoms with Crippen molar-refractivity contribution in [1.82, 2.24) is 9.80 Å². The first-order valence-electron chi connectivity index (χ1n) is 10.7. The number of carbonyl (C=O) groups is 2. The zero-order chi connectivity index (χ0) is 22.8. The van der Waals surface area contributed by atoms with Crippen LogP contribution in [0.15, 0.2) is 48.5 Å². The van der Waals surface area contributed by atoms with Crippen LogP contribution in [0.3, 0.4) is 0 Å². The fourth-order valence-corrected chi connectivity index (χ4v) is 3.39.